The molecule has 0 aliphatic carbocycles. The summed E-state index contributed by atoms with van der Waals surface area (Å²) in [5.74, 6) is -0.308. The number of methoxy groups -OCH3 is 2. The number of nitrogens with zero attached hydrogens (tertiary/aromatic N) is 6. The molecule has 0 aliphatic heterocycles. The molecule has 16 heteroatoms. The van der Waals surface area contributed by atoms with Crippen molar-refractivity contribution in [1.29, 1.82) is 0 Å². The highest BCUT2D eigenvalue weighted by molar-refractivity contribution is 6.29. The average molecular weight is 716 g/mol. The van der Waals surface area contributed by atoms with E-state index in [2.05, 4.69) is 19.9 Å². The summed E-state index contributed by atoms with van der Waals surface area (Å²) in [4.78, 5) is 35.6. The largest absolute Gasteiger partial charge is 0.496 e. The Kier molecular flexibility index (Phi) is 12.9. The molecule has 0 unspecified atom stereocenters. The molecule has 13 nitrogen and oxygen atoms in total. The van der Waals surface area contributed by atoms with Crippen LogP contribution in [0.3, 0.4) is 0 Å². The van der Waals surface area contributed by atoms with Crippen LogP contribution in [0.4, 0.5) is 25.8 Å². The third-order valence-corrected chi connectivity index (χ3v) is 7.09. The first-order valence-corrected chi connectivity index (χ1v) is 15.1. The molecule has 6 rings (SSSR count). The van der Waals surface area contributed by atoms with Gasteiger partial charge in [0.2, 0.25) is 11.6 Å². The van der Waals surface area contributed by atoms with Crippen LogP contribution < -0.4 is 15.2 Å². The summed E-state index contributed by atoms with van der Waals surface area (Å²) in [5.41, 5.74) is 8.67. The second-order valence-corrected chi connectivity index (χ2v) is 10.6. The summed E-state index contributed by atoms with van der Waals surface area (Å²) in [5, 5.41) is 21.2. The number of aromatic nitrogens is 4. The molecule has 0 atom stereocenters. The second kappa shape index (κ2) is 17.7. The Morgan fingerprint density at radius 2 is 1.20 bits per heavy atom. The molecule has 0 bridgehead atoms. The second-order valence-electron chi connectivity index (χ2n) is 10.2. The van der Waals surface area contributed by atoms with Gasteiger partial charge in [0.1, 0.15) is 29.3 Å². The van der Waals surface area contributed by atoms with Crippen molar-refractivity contribution in [3.63, 3.8) is 0 Å². The molecule has 0 saturated heterocycles. The van der Waals surface area contributed by atoms with Gasteiger partial charge in [-0.05, 0) is 48.0 Å². The van der Waals surface area contributed by atoms with Crippen molar-refractivity contribution in [3.8, 4) is 34.0 Å². The topological polar surface area (TPSA) is 182 Å². The number of hydrogen-bond acceptors (Lipinski definition) is 11. The Bertz CT molecular complexity index is 2160. The van der Waals surface area contributed by atoms with Crippen molar-refractivity contribution < 1.29 is 28.1 Å². The van der Waals surface area contributed by atoms with Crippen LogP contribution in [0.15, 0.2) is 110 Å². The number of para-hydroxylation sites is 2. The number of ether oxygens (including phenoxy) is 2. The van der Waals surface area contributed by atoms with Crippen molar-refractivity contribution in [3.05, 3.63) is 158 Å². The Morgan fingerprint density at radius 3 is 1.71 bits per heavy atom. The molecule has 2 heterocycles. The van der Waals surface area contributed by atoms with Gasteiger partial charge in [0.15, 0.2) is 0 Å². The third-order valence-electron chi connectivity index (χ3n) is 6.89. The smallest absolute Gasteiger partial charge is 0.304 e. The number of nitro groups is 2. The molecule has 2 N–H and O–H groups in total. The fourth-order valence-electron chi connectivity index (χ4n) is 4.52. The maximum absolute atomic E-state index is 13.8. The van der Waals surface area contributed by atoms with E-state index in [9.17, 15) is 29.0 Å². The molecule has 2 aromatic heterocycles. The van der Waals surface area contributed by atoms with E-state index in [4.69, 9.17) is 26.8 Å². The zero-order valence-corrected chi connectivity index (χ0v) is 27.7. The lowest BCUT2D eigenvalue weighted by molar-refractivity contribution is -0.387. The number of halogens is 3. The molecule has 0 radical (unpaired) electrons. The van der Waals surface area contributed by atoms with Gasteiger partial charge in [-0.25, -0.2) is 19.9 Å². The summed E-state index contributed by atoms with van der Waals surface area (Å²) < 4.78 is 36.9. The summed E-state index contributed by atoms with van der Waals surface area (Å²) in [6.45, 7) is 0. The number of anilines is 1. The number of hydrogen-bond donors (Lipinski definition) is 1. The lowest BCUT2D eigenvalue weighted by Crippen LogP contribution is -1.98. The average Bonchev–Trinajstić information content (AvgIpc) is 3.12. The fourth-order valence-corrected chi connectivity index (χ4v) is 4.67. The Labute approximate surface area is 294 Å². The minimum Gasteiger partial charge on any atom is -0.496 e. The quantitative estimate of drug-likeness (QED) is 0.0699. The summed E-state index contributed by atoms with van der Waals surface area (Å²) >= 11 is 5.80. The van der Waals surface area contributed by atoms with Gasteiger partial charge in [0.25, 0.3) is 0 Å². The minimum absolute atomic E-state index is 0.174. The predicted molar refractivity (Wildman–Crippen MR) is 186 cm³/mol. The van der Waals surface area contributed by atoms with Gasteiger partial charge in [0, 0.05) is 53.2 Å². The van der Waals surface area contributed by atoms with Crippen LogP contribution in [0.5, 0.6) is 11.5 Å². The summed E-state index contributed by atoms with van der Waals surface area (Å²) in [6, 6.07) is 25.7. The molecule has 6 aromatic rings. The van der Waals surface area contributed by atoms with E-state index in [1.165, 1.54) is 24.8 Å². The molecule has 0 fully saturated rings. The Balaban J connectivity index is 0.000000190. The molecule has 0 amide bonds. The number of nitrogen functional groups attached to an aromatic ring is 1. The lowest BCUT2D eigenvalue weighted by atomic mass is 10.1. The van der Waals surface area contributed by atoms with Crippen LogP contribution in [-0.2, 0) is 6.42 Å². The van der Waals surface area contributed by atoms with Gasteiger partial charge in [-0.3, -0.25) is 20.2 Å². The molecular formula is C35H28ClF2N7O6. The SMILES string of the molecule is COc1ccccc1-c1cc(Cc2ccc([N+](=O)[O-])c(F)c2)ncn1.COc1ccccc1-c1cc(Cl)ncn1.Nc1ccc([N+](=O)[O-])c(F)c1. The fraction of sp³-hybridized carbons (Fsp3) is 0.0857. The molecule has 0 spiro atoms. The van der Waals surface area contributed by atoms with Crippen LogP contribution in [0.2, 0.25) is 5.15 Å². The van der Waals surface area contributed by atoms with Gasteiger partial charge >= 0.3 is 11.4 Å². The first kappa shape index (κ1) is 37.2. The van der Waals surface area contributed by atoms with Crippen LogP contribution >= 0.6 is 11.6 Å². The number of nitrogens with two attached hydrogens (primary N) is 1. The third kappa shape index (κ3) is 10.2. The van der Waals surface area contributed by atoms with Crippen molar-refractivity contribution in [2.75, 3.05) is 20.0 Å². The van der Waals surface area contributed by atoms with E-state index in [0.29, 0.717) is 34.3 Å². The van der Waals surface area contributed by atoms with Crippen LogP contribution in [0, 0.1) is 31.9 Å². The molecule has 0 aliphatic rings. The van der Waals surface area contributed by atoms with Gasteiger partial charge in [-0.15, -0.1) is 0 Å². The normalized spacial score (nSPS) is 10.1. The maximum Gasteiger partial charge on any atom is 0.304 e. The lowest BCUT2D eigenvalue weighted by Gasteiger charge is -2.08. The van der Waals surface area contributed by atoms with Crippen LogP contribution in [0.1, 0.15) is 11.3 Å². The van der Waals surface area contributed by atoms with E-state index in [0.717, 1.165) is 46.8 Å². The van der Waals surface area contributed by atoms with Crippen molar-refractivity contribution >= 4 is 28.7 Å². The monoisotopic (exact) mass is 715 g/mol. The van der Waals surface area contributed by atoms with Gasteiger partial charge in [-0.2, -0.15) is 8.78 Å². The first-order chi connectivity index (χ1) is 24.5. The highest BCUT2D eigenvalue weighted by Crippen LogP contribution is 2.30. The molecule has 4 aromatic carbocycles. The van der Waals surface area contributed by atoms with Crippen molar-refractivity contribution in [2.45, 2.75) is 6.42 Å². The van der Waals surface area contributed by atoms with Gasteiger partial charge < -0.3 is 15.2 Å². The highest BCUT2D eigenvalue weighted by atomic mass is 35.5. The first-order valence-electron chi connectivity index (χ1n) is 14.7. The minimum atomic E-state index is -0.907. The van der Waals surface area contributed by atoms with Crippen molar-refractivity contribution in [2.24, 2.45) is 0 Å². The molecular weight excluding hydrogens is 688 g/mol. The van der Waals surface area contributed by atoms with Crippen LogP contribution in [-0.4, -0.2) is 44.0 Å². The zero-order chi connectivity index (χ0) is 36.9. The van der Waals surface area contributed by atoms with Gasteiger partial charge in [-0.1, -0.05) is 41.9 Å². The van der Waals surface area contributed by atoms with E-state index in [1.54, 1.807) is 26.4 Å². The maximum atomic E-state index is 13.8. The zero-order valence-electron chi connectivity index (χ0n) is 26.9. The van der Waals surface area contributed by atoms with E-state index in [-0.39, 0.29) is 5.69 Å². The van der Waals surface area contributed by atoms with Crippen molar-refractivity contribution in [1.82, 2.24) is 19.9 Å². The molecule has 260 valence electrons. The number of nitro benzene ring substituents is 2. The summed E-state index contributed by atoms with van der Waals surface area (Å²) in [6.07, 6.45) is 3.20. The molecule has 51 heavy (non-hydrogen) atoms. The van der Waals surface area contributed by atoms with Gasteiger partial charge in [0.05, 0.1) is 35.5 Å². The van der Waals surface area contributed by atoms with E-state index < -0.39 is 32.9 Å². The van der Waals surface area contributed by atoms with E-state index in [1.807, 2.05) is 48.5 Å². The van der Waals surface area contributed by atoms with Crippen LogP contribution in [0.25, 0.3) is 22.5 Å². The summed E-state index contributed by atoms with van der Waals surface area (Å²) in [7, 11) is 3.21. The predicted octanol–water partition coefficient (Wildman–Crippen LogP) is 7.91. The number of rotatable bonds is 8. The Hall–Kier alpha value is -6.61. The highest BCUT2D eigenvalue weighted by Gasteiger charge is 2.15. The Morgan fingerprint density at radius 1 is 0.686 bits per heavy atom. The molecule has 0 saturated carbocycles. The number of benzene rings is 4. The standard InChI is InChI=1S/C18H14FN3O3.C11H9ClN2O.C6H5FN2O2/c1-25-18-5-3-2-4-14(18)16-10-13(20-11-21-16)8-12-6-7-17(22(23)24)15(19)9-12;1-15-10-5-3-2-4-8(10)9-6-11(12)14-7-13-9;7-5-3-4(8)1-2-6(5)9(10)11/h2-7,9-11H,8H2,1H3;2-7H,1H3;1-3H,8H2. The van der Waals surface area contributed by atoms with E-state index >= 15 is 0 Å².